The first-order valence-corrected chi connectivity index (χ1v) is 11.5. The molecule has 3 N–H and O–H groups in total. The van der Waals surface area contributed by atoms with Crippen molar-refractivity contribution in [2.45, 2.75) is 26.9 Å². The summed E-state index contributed by atoms with van der Waals surface area (Å²) < 4.78 is 11.2. The van der Waals surface area contributed by atoms with E-state index in [2.05, 4.69) is 16.0 Å². The second-order valence-electron chi connectivity index (χ2n) is 8.23. The van der Waals surface area contributed by atoms with Gasteiger partial charge in [-0.2, -0.15) is 0 Å². The molecule has 8 heteroatoms. The lowest BCUT2D eigenvalue weighted by molar-refractivity contribution is 0.0975. The van der Waals surface area contributed by atoms with E-state index >= 15 is 0 Å². The molecule has 0 aliphatic rings. The van der Waals surface area contributed by atoms with Crippen LogP contribution in [0.1, 0.15) is 40.3 Å². The molecule has 3 aromatic carbocycles. The summed E-state index contributed by atoms with van der Waals surface area (Å²) in [5, 5.41) is 9.55. The number of benzene rings is 3. The van der Waals surface area contributed by atoms with Crippen molar-refractivity contribution in [3.05, 3.63) is 89.7 Å². The average Bonchev–Trinajstić information content (AvgIpc) is 3.25. The fourth-order valence-corrected chi connectivity index (χ4v) is 3.66. The van der Waals surface area contributed by atoms with Crippen LogP contribution in [0.4, 0.5) is 11.4 Å². The summed E-state index contributed by atoms with van der Waals surface area (Å²) in [6.45, 7) is 5.74. The smallest absolute Gasteiger partial charge is 0.291 e. The Hall–Kier alpha value is -4.17. The summed E-state index contributed by atoms with van der Waals surface area (Å²) in [5.74, 6) is 0.267. The van der Waals surface area contributed by atoms with E-state index in [4.69, 9.17) is 21.4 Å². The molecule has 1 heterocycles. The third kappa shape index (κ3) is 6.04. The highest BCUT2D eigenvalue weighted by atomic mass is 32.1. The molecule has 0 unspecified atom stereocenters. The van der Waals surface area contributed by atoms with Gasteiger partial charge in [-0.3, -0.25) is 14.9 Å². The van der Waals surface area contributed by atoms with Crippen LogP contribution in [0.3, 0.4) is 0 Å². The zero-order chi connectivity index (χ0) is 24.9. The van der Waals surface area contributed by atoms with E-state index < -0.39 is 0 Å². The first-order valence-electron chi connectivity index (χ1n) is 11.1. The van der Waals surface area contributed by atoms with Crippen molar-refractivity contribution in [1.29, 1.82) is 0 Å². The molecule has 7 nitrogen and oxygen atoms in total. The van der Waals surface area contributed by atoms with Crippen molar-refractivity contribution in [3.63, 3.8) is 0 Å². The van der Waals surface area contributed by atoms with Gasteiger partial charge in [-0.1, -0.05) is 18.2 Å². The Labute approximate surface area is 208 Å². The predicted molar refractivity (Wildman–Crippen MR) is 141 cm³/mol. The Kier molecular flexibility index (Phi) is 7.12. The van der Waals surface area contributed by atoms with E-state index in [1.54, 1.807) is 42.5 Å². The molecule has 178 valence electrons. The third-order valence-electron chi connectivity index (χ3n) is 5.10. The standard InChI is InChI=1S/C27H25N3O4S/c1-16(2)33-21-11-8-18(9-12-21)25(31)30-27(35)28-20-10-13-22(17(3)14-20)29-26(32)24-15-19-6-4-5-7-23(19)34-24/h4-16H,1-3H3,(H,29,32)(H2,28,30,31,35). The van der Waals surface area contributed by atoms with Gasteiger partial charge in [0.1, 0.15) is 11.3 Å². The quantitative estimate of drug-likeness (QED) is 0.293. The number of anilines is 2. The van der Waals surface area contributed by atoms with E-state index in [1.165, 1.54) is 0 Å². The van der Waals surface area contributed by atoms with Crippen molar-refractivity contribution >= 4 is 51.5 Å². The zero-order valence-electron chi connectivity index (χ0n) is 19.5. The fourth-order valence-electron chi connectivity index (χ4n) is 3.45. The molecule has 35 heavy (non-hydrogen) atoms. The van der Waals surface area contributed by atoms with Crippen molar-refractivity contribution < 1.29 is 18.7 Å². The molecule has 0 aliphatic carbocycles. The summed E-state index contributed by atoms with van der Waals surface area (Å²) in [4.78, 5) is 25.1. The van der Waals surface area contributed by atoms with Gasteiger partial charge in [-0.05, 0) is 93.1 Å². The van der Waals surface area contributed by atoms with Gasteiger partial charge in [0, 0.05) is 22.3 Å². The largest absolute Gasteiger partial charge is 0.491 e. The Bertz CT molecular complexity index is 1360. The highest BCUT2D eigenvalue weighted by Crippen LogP contribution is 2.23. The topological polar surface area (TPSA) is 92.6 Å². The number of ether oxygens (including phenoxy) is 1. The van der Waals surface area contributed by atoms with Crippen LogP contribution in [0, 0.1) is 6.92 Å². The van der Waals surface area contributed by atoms with E-state index in [0.717, 1.165) is 10.9 Å². The molecule has 4 aromatic rings. The van der Waals surface area contributed by atoms with Crippen molar-refractivity contribution in [2.24, 2.45) is 0 Å². The lowest BCUT2D eigenvalue weighted by atomic mass is 10.1. The van der Waals surface area contributed by atoms with Crippen LogP contribution in [0.15, 0.2) is 77.2 Å². The van der Waals surface area contributed by atoms with Gasteiger partial charge in [0.25, 0.3) is 11.8 Å². The van der Waals surface area contributed by atoms with Gasteiger partial charge in [-0.15, -0.1) is 0 Å². The predicted octanol–water partition coefficient (Wildman–Crippen LogP) is 5.91. The first-order chi connectivity index (χ1) is 16.8. The Morgan fingerprint density at radius 1 is 0.914 bits per heavy atom. The minimum atomic E-state index is -0.336. The third-order valence-corrected chi connectivity index (χ3v) is 5.30. The van der Waals surface area contributed by atoms with Gasteiger partial charge in [0.2, 0.25) is 0 Å². The van der Waals surface area contributed by atoms with Crippen LogP contribution in [-0.2, 0) is 0 Å². The molecule has 1 aromatic heterocycles. The lowest BCUT2D eigenvalue weighted by Crippen LogP contribution is -2.34. The molecule has 2 amide bonds. The Morgan fingerprint density at radius 3 is 2.34 bits per heavy atom. The minimum Gasteiger partial charge on any atom is -0.491 e. The second-order valence-corrected chi connectivity index (χ2v) is 8.64. The number of carbonyl (C=O) groups excluding carboxylic acids is 2. The summed E-state index contributed by atoms with van der Waals surface area (Å²) in [7, 11) is 0. The van der Waals surface area contributed by atoms with E-state index in [-0.39, 0.29) is 28.8 Å². The number of hydrogen-bond acceptors (Lipinski definition) is 5. The molecular formula is C27H25N3O4S. The van der Waals surface area contributed by atoms with Gasteiger partial charge >= 0.3 is 0 Å². The maximum Gasteiger partial charge on any atom is 0.291 e. The maximum absolute atomic E-state index is 12.6. The van der Waals surface area contributed by atoms with Crippen LogP contribution >= 0.6 is 12.2 Å². The molecule has 0 atom stereocenters. The second kappa shape index (κ2) is 10.4. The summed E-state index contributed by atoms with van der Waals surface area (Å²) in [5.41, 5.74) is 3.25. The highest BCUT2D eigenvalue weighted by Gasteiger charge is 2.14. The molecule has 0 bridgehead atoms. The first kappa shape index (κ1) is 24.0. The number of thiocarbonyl (C=S) groups is 1. The van der Waals surface area contributed by atoms with Crippen molar-refractivity contribution in [1.82, 2.24) is 5.32 Å². The normalized spacial score (nSPS) is 10.7. The zero-order valence-corrected chi connectivity index (χ0v) is 20.4. The van der Waals surface area contributed by atoms with Crippen LogP contribution in [0.5, 0.6) is 5.75 Å². The molecule has 0 saturated carbocycles. The fraction of sp³-hybridized carbons (Fsp3) is 0.148. The Morgan fingerprint density at radius 2 is 1.66 bits per heavy atom. The van der Waals surface area contributed by atoms with E-state index in [1.807, 2.05) is 51.1 Å². The molecule has 0 fully saturated rings. The number of amides is 2. The van der Waals surface area contributed by atoms with Crippen LogP contribution < -0.4 is 20.7 Å². The summed E-state index contributed by atoms with van der Waals surface area (Å²) >= 11 is 5.29. The Balaban J connectivity index is 1.35. The molecule has 0 saturated heterocycles. The van der Waals surface area contributed by atoms with E-state index in [9.17, 15) is 9.59 Å². The lowest BCUT2D eigenvalue weighted by Gasteiger charge is -2.13. The number of para-hydroxylation sites is 1. The number of hydrogen-bond donors (Lipinski definition) is 3. The molecule has 4 rings (SSSR count). The number of carbonyl (C=O) groups is 2. The number of fused-ring (bicyclic) bond motifs is 1. The summed E-state index contributed by atoms with van der Waals surface area (Å²) in [6.07, 6.45) is 0.0555. The van der Waals surface area contributed by atoms with Crippen LogP contribution in [0.25, 0.3) is 11.0 Å². The molecule has 0 spiro atoms. The number of aryl methyl sites for hydroxylation is 1. The SMILES string of the molecule is Cc1cc(NC(=S)NC(=O)c2ccc(OC(C)C)cc2)ccc1NC(=O)c1cc2ccccc2o1. The van der Waals surface area contributed by atoms with Gasteiger partial charge in [0.05, 0.1) is 6.10 Å². The van der Waals surface area contributed by atoms with Gasteiger partial charge in [-0.25, -0.2) is 0 Å². The minimum absolute atomic E-state index is 0.0555. The molecule has 0 radical (unpaired) electrons. The number of nitrogens with one attached hydrogen (secondary N) is 3. The number of rotatable bonds is 6. The van der Waals surface area contributed by atoms with Gasteiger partial charge in [0.15, 0.2) is 10.9 Å². The highest BCUT2D eigenvalue weighted by molar-refractivity contribution is 7.80. The van der Waals surface area contributed by atoms with Gasteiger partial charge < -0.3 is 19.8 Å². The molecular weight excluding hydrogens is 462 g/mol. The monoisotopic (exact) mass is 487 g/mol. The van der Waals surface area contributed by atoms with E-state index in [0.29, 0.717) is 28.3 Å². The van der Waals surface area contributed by atoms with Crippen LogP contribution in [-0.4, -0.2) is 23.0 Å². The summed E-state index contributed by atoms with van der Waals surface area (Å²) in [6, 6.07) is 21.4. The van der Waals surface area contributed by atoms with Crippen molar-refractivity contribution in [3.8, 4) is 5.75 Å². The van der Waals surface area contributed by atoms with Crippen LogP contribution in [0.2, 0.25) is 0 Å². The maximum atomic E-state index is 12.6. The average molecular weight is 488 g/mol. The number of furan rings is 1. The molecule has 0 aliphatic heterocycles. The van der Waals surface area contributed by atoms with Crippen molar-refractivity contribution in [2.75, 3.05) is 10.6 Å².